The van der Waals surface area contributed by atoms with Gasteiger partial charge in [0.1, 0.15) is 0 Å². The molecule has 9 nitrogen and oxygen atoms in total. The van der Waals surface area contributed by atoms with Crippen LogP contribution in [0.2, 0.25) is 0 Å². The molecule has 12 heteroatoms. The maximum Gasteiger partial charge on any atom is 0.327 e. The molecular weight excluding hydrogens is 250 g/mol. The zero-order valence-electron chi connectivity index (χ0n) is 4.93. The number of hydrogen-bond donors (Lipinski definition) is 3. The van der Waals surface area contributed by atoms with Crippen LogP contribution in [0.3, 0.4) is 0 Å². The maximum atomic E-state index is 8.60. The first-order valence-electron chi connectivity index (χ1n) is 1.43. The molecular formula is H3Cl3O9. The first kappa shape index (κ1) is 18.3. The quantitative estimate of drug-likeness (QED) is 0.374. The maximum absolute atomic E-state index is 8.60. The fraction of sp³-hybridized carbons (Fsp3) is 0. The smallest absolute Gasteiger partial charge is 0.327 e. The van der Waals surface area contributed by atoms with Crippen LogP contribution in [-0.2, 0) is 0 Å². The van der Waals surface area contributed by atoms with E-state index in [1.54, 1.807) is 0 Å². The van der Waals surface area contributed by atoms with Crippen molar-refractivity contribution in [2.75, 3.05) is 0 Å². The summed E-state index contributed by atoms with van der Waals surface area (Å²) in [5, 5.41) is 0. The predicted octanol–water partition coefficient (Wildman–Crippen LogP) is -8.80. The van der Waals surface area contributed by atoms with Gasteiger partial charge in [0.05, 0.1) is 14.9 Å². The lowest BCUT2D eigenvalue weighted by atomic mass is 15.8. The van der Waals surface area contributed by atoms with Crippen molar-refractivity contribution >= 4 is 0 Å². The van der Waals surface area contributed by atoms with Gasteiger partial charge in [-0.25, -0.2) is 0 Å². The van der Waals surface area contributed by atoms with E-state index >= 15 is 0 Å². The largest absolute Gasteiger partial charge is 0.506 e. The summed E-state index contributed by atoms with van der Waals surface area (Å²) in [6.07, 6.45) is 0. The predicted molar refractivity (Wildman–Crippen MR) is 6.66 cm³/mol. The molecule has 0 aromatic heterocycles. The number of hydrogen-bond acceptors (Lipinski definition) is 9. The monoisotopic (exact) mass is 252 g/mol. The van der Waals surface area contributed by atoms with Gasteiger partial charge in [-0.3, -0.25) is 0 Å². The van der Waals surface area contributed by atoms with Crippen LogP contribution in [0.15, 0.2) is 0 Å². The van der Waals surface area contributed by atoms with Gasteiger partial charge in [-0.15, -0.1) is 4.66 Å². The minimum absolute atomic E-state index is 0.167. The van der Waals surface area contributed by atoms with Gasteiger partial charge < -0.3 is 14.0 Å². The summed E-state index contributed by atoms with van der Waals surface area (Å²) >= 11 is -0.167. The van der Waals surface area contributed by atoms with Gasteiger partial charge in [0.25, 0.3) is 10.8 Å². The SMILES string of the molecule is [O-][Cl+2]([O-])O.[O-][Cl+3]([O-])([O-])O.[O-][Cl+]O. The minimum Gasteiger partial charge on any atom is -0.506 e. The third kappa shape index (κ3) is 3650. The van der Waals surface area contributed by atoms with Crippen LogP contribution in [-0.4, -0.2) is 14.0 Å². The standard InChI is InChI=1S/ClHO4.ClHO3.ClHO2/c2-1(3,4)5;2-1(3)4;2-1-3/h(H,2,3,4,5);2H;2H. The third-order valence-corrected chi connectivity index (χ3v) is 0. The Labute approximate surface area is 74.9 Å². The van der Waals surface area contributed by atoms with Crippen molar-refractivity contribution in [2.45, 2.75) is 0 Å². The van der Waals surface area contributed by atoms with E-state index in [1.165, 1.54) is 0 Å². The van der Waals surface area contributed by atoms with E-state index in [-0.39, 0.29) is 11.3 Å². The Bertz CT molecular complexity index is 55.9. The molecule has 12 heavy (non-hydrogen) atoms. The van der Waals surface area contributed by atoms with Crippen molar-refractivity contribution in [3.63, 3.8) is 0 Å². The molecule has 3 N–H and O–H groups in total. The summed E-state index contributed by atoms with van der Waals surface area (Å²) < 4.78 is 71.9. The lowest BCUT2D eigenvalue weighted by Gasteiger charge is -2.03. The molecule has 0 amide bonds. The van der Waals surface area contributed by atoms with Crippen LogP contribution in [0.1, 0.15) is 0 Å². The molecule has 0 radical (unpaired) electrons. The summed E-state index contributed by atoms with van der Waals surface area (Å²) in [7, 11) is -7.30. The third-order valence-electron chi connectivity index (χ3n) is 0. The lowest BCUT2D eigenvalue weighted by Crippen LogP contribution is -2.58. The highest BCUT2D eigenvalue weighted by Gasteiger charge is 1.98. The first-order chi connectivity index (χ1) is 5.15. The van der Waals surface area contributed by atoms with Gasteiger partial charge >= 0.3 is 11.3 Å². The Kier molecular flexibility index (Phi) is 17.6. The second kappa shape index (κ2) is 11.5. The van der Waals surface area contributed by atoms with Gasteiger partial charge in [0, 0.05) is 4.66 Å². The van der Waals surface area contributed by atoms with Crippen LogP contribution in [0, 0.1) is 32.4 Å². The fourth-order valence-electron chi connectivity index (χ4n) is 0. The average Bonchev–Trinajstić information content (AvgIpc) is 1.56. The summed E-state index contributed by atoms with van der Waals surface area (Å²) in [4.78, 5) is 0. The molecule has 0 fully saturated rings. The van der Waals surface area contributed by atoms with Crippen LogP contribution in [0.5, 0.6) is 0 Å². The van der Waals surface area contributed by atoms with Gasteiger partial charge in [0.15, 0.2) is 0 Å². The van der Waals surface area contributed by atoms with Crippen molar-refractivity contribution in [1.29, 1.82) is 0 Å². The van der Waals surface area contributed by atoms with Crippen molar-refractivity contribution < 1.29 is 74.3 Å². The Morgan fingerprint density at radius 3 is 1.17 bits per heavy atom. The molecule has 0 aromatic carbocycles. The van der Waals surface area contributed by atoms with Crippen molar-refractivity contribution in [3.8, 4) is 0 Å². The van der Waals surface area contributed by atoms with E-state index in [0.717, 1.165) is 0 Å². The summed E-state index contributed by atoms with van der Waals surface area (Å²) in [5.41, 5.74) is 0. The Morgan fingerprint density at radius 1 is 1.17 bits per heavy atom. The van der Waals surface area contributed by atoms with Gasteiger partial charge in [-0.1, -0.05) is 0 Å². The Morgan fingerprint density at radius 2 is 1.17 bits per heavy atom. The number of rotatable bonds is 0. The molecule has 0 spiro atoms. The molecule has 0 saturated carbocycles. The molecule has 0 unspecified atom stereocenters. The van der Waals surface area contributed by atoms with Crippen molar-refractivity contribution in [3.05, 3.63) is 0 Å². The van der Waals surface area contributed by atoms with E-state index in [2.05, 4.69) is 0 Å². The zero-order chi connectivity index (χ0) is 10.8. The molecule has 0 heterocycles. The van der Waals surface area contributed by atoms with Crippen LogP contribution in [0.4, 0.5) is 0 Å². The molecule has 78 valence electrons. The number of halogens is 3. The average molecular weight is 253 g/mol. The zero-order valence-corrected chi connectivity index (χ0v) is 7.19. The van der Waals surface area contributed by atoms with Crippen molar-refractivity contribution in [2.24, 2.45) is 0 Å². The summed E-state index contributed by atoms with van der Waals surface area (Å²) in [5.74, 6) is 0. The highest BCUT2D eigenvalue weighted by atomic mass is 35.7. The van der Waals surface area contributed by atoms with E-state index in [4.69, 9.17) is 41.9 Å². The summed E-state index contributed by atoms with van der Waals surface area (Å²) in [6.45, 7) is 0. The Balaban J connectivity index is -0.000000105. The normalized spacial score (nSPS) is 9.50. The molecule has 0 aliphatic heterocycles. The molecule has 0 saturated heterocycles. The highest BCUT2D eigenvalue weighted by Crippen LogP contribution is 1.60. The molecule has 0 atom stereocenters. The Hall–Kier alpha value is 0.510. The first-order valence-corrected chi connectivity index (χ1v) is 4.30. The van der Waals surface area contributed by atoms with Crippen LogP contribution < -0.4 is 28.0 Å². The second-order valence-electron chi connectivity index (χ2n) is 0.666. The molecule has 0 bridgehead atoms. The van der Waals surface area contributed by atoms with Gasteiger partial charge in [0.2, 0.25) is 0 Å². The van der Waals surface area contributed by atoms with E-state index in [9.17, 15) is 0 Å². The minimum atomic E-state index is -4.69. The van der Waals surface area contributed by atoms with Crippen LogP contribution in [0.25, 0.3) is 0 Å². The van der Waals surface area contributed by atoms with Gasteiger partial charge in [-0.2, -0.15) is 14.0 Å². The van der Waals surface area contributed by atoms with Crippen molar-refractivity contribution in [1.82, 2.24) is 0 Å². The fourth-order valence-corrected chi connectivity index (χ4v) is 0. The van der Waals surface area contributed by atoms with E-state index < -0.39 is 21.0 Å². The van der Waals surface area contributed by atoms with E-state index in [1.807, 2.05) is 0 Å². The second-order valence-corrected chi connectivity index (χ2v) is 2.00. The topological polar surface area (TPSA) is 199 Å². The molecule has 0 aliphatic carbocycles. The molecule has 0 rings (SSSR count). The van der Waals surface area contributed by atoms with Gasteiger partial charge in [-0.05, 0) is 0 Å². The van der Waals surface area contributed by atoms with Crippen LogP contribution >= 0.6 is 0 Å². The highest BCUT2D eigenvalue weighted by molar-refractivity contribution is 2.15. The lowest BCUT2D eigenvalue weighted by molar-refractivity contribution is -1.92. The molecule has 0 aromatic rings. The molecule has 0 aliphatic rings. The summed E-state index contributed by atoms with van der Waals surface area (Å²) in [6, 6.07) is 0. The van der Waals surface area contributed by atoms with E-state index in [0.29, 0.717) is 0 Å².